The second-order valence-electron chi connectivity index (χ2n) is 36.5. The summed E-state index contributed by atoms with van der Waals surface area (Å²) in [5.74, 6) is 7.08. The molecule has 0 fully saturated rings. The van der Waals surface area contributed by atoms with Crippen molar-refractivity contribution in [3.63, 3.8) is 0 Å². The van der Waals surface area contributed by atoms with Crippen LogP contribution >= 0.6 is 0 Å². The molecule has 0 N–H and O–H groups in total. The molecular weight excluding hydrogens is 1820 g/mol. The number of aryl methyl sites for hydroxylation is 5. The molecule has 0 saturated carbocycles. The largest absolute Gasteiger partial charge is 0.254 e. The van der Waals surface area contributed by atoms with Crippen LogP contribution in [-0.2, 0) is 0 Å². The summed E-state index contributed by atoms with van der Waals surface area (Å²) in [5, 5.41) is 0. The van der Waals surface area contributed by atoms with Crippen LogP contribution in [0.15, 0.2) is 498 Å². The van der Waals surface area contributed by atoms with Crippen molar-refractivity contribution in [2.45, 2.75) is 34.6 Å². The van der Waals surface area contributed by atoms with Crippen LogP contribution in [0.3, 0.4) is 0 Å². The maximum absolute atomic E-state index is 5.03. The predicted octanol–water partition coefficient (Wildman–Crippen LogP) is 32.5. The number of aromatic nitrogens is 15. The third kappa shape index (κ3) is 22.4. The maximum atomic E-state index is 5.03. The Kier molecular flexibility index (Phi) is 27.5. The molecule has 7 heterocycles. The Hall–Kier alpha value is -19.8. The molecule has 24 rings (SSSR count). The molecule has 708 valence electrons. The van der Waals surface area contributed by atoms with Gasteiger partial charge in [-0.3, -0.25) is 9.97 Å². The van der Waals surface area contributed by atoms with Gasteiger partial charge in [-0.1, -0.05) is 449 Å². The van der Waals surface area contributed by atoms with Gasteiger partial charge in [0.25, 0.3) is 0 Å². The minimum Gasteiger partial charge on any atom is -0.254 e. The van der Waals surface area contributed by atoms with E-state index in [0.29, 0.717) is 52.4 Å². The lowest BCUT2D eigenvalue weighted by atomic mass is 10.0. The van der Waals surface area contributed by atoms with Crippen molar-refractivity contribution in [1.29, 1.82) is 0 Å². The summed E-state index contributed by atoms with van der Waals surface area (Å²) < 4.78 is 0. The summed E-state index contributed by atoms with van der Waals surface area (Å²) in [7, 11) is 0. The zero-order chi connectivity index (χ0) is 101. The fourth-order valence-electron chi connectivity index (χ4n) is 18.2. The molecule has 0 aliphatic rings. The lowest BCUT2D eigenvalue weighted by Gasteiger charge is -2.11. The molecule has 0 bridgehead atoms. The van der Waals surface area contributed by atoms with Gasteiger partial charge in [0.15, 0.2) is 64.1 Å². The van der Waals surface area contributed by atoms with Gasteiger partial charge in [-0.25, -0.2) is 64.8 Å². The average Bonchev–Trinajstić information content (AvgIpc) is 0.794. The van der Waals surface area contributed by atoms with Crippen molar-refractivity contribution in [2.75, 3.05) is 0 Å². The summed E-state index contributed by atoms with van der Waals surface area (Å²) in [4.78, 5) is 72.9. The zero-order valence-corrected chi connectivity index (χ0v) is 82.6. The molecule has 15 nitrogen and oxygen atoms in total. The normalized spacial score (nSPS) is 11.0. The van der Waals surface area contributed by atoms with Crippen LogP contribution in [0.2, 0.25) is 0 Å². The SMILES string of the molecule is Cc1cc(C)nc(-c2ccc(-c3ccc(-c4nc(-c5ccc(-c6ccccc6)cc5)nc(-c5ccc(-c6ccccc6)cc5)n4)cc3)cc2)n1.Cc1cc(C)nc(-c2ccc(-c3cccc(-c4nc(-c5ccc(-c6ccccc6)cc5)nc(-c5ccc(-c6ccccc6)cc5)n4)c3)cc2)n1.Cc1cccc(-c2ccc(-c3cccc(-c4nc(-c5ccc(-c6ccccc6)cc5)nc(-c5ccc(-c6ccccc6)cc5)n4)c3)cn2)n1. The molecule has 149 heavy (non-hydrogen) atoms. The molecule has 15 heteroatoms. The van der Waals surface area contributed by atoms with Gasteiger partial charge in [-0.2, -0.15) is 0 Å². The highest BCUT2D eigenvalue weighted by atomic mass is 15.1. The molecule has 0 spiro atoms. The second kappa shape index (κ2) is 43.6. The van der Waals surface area contributed by atoms with E-state index in [2.05, 4.69) is 431 Å². The quantitative estimate of drug-likeness (QED) is 0.0659. The molecule has 0 atom stereocenters. The van der Waals surface area contributed by atoms with E-state index in [1.165, 1.54) is 33.4 Å². The van der Waals surface area contributed by atoms with E-state index in [1.807, 2.05) is 126 Å². The molecule has 0 amide bonds. The number of pyridine rings is 2. The molecule has 0 unspecified atom stereocenters. The molecule has 24 aromatic rings. The average molecular weight is 1920 g/mol. The first kappa shape index (κ1) is 94.2. The lowest BCUT2D eigenvalue weighted by Crippen LogP contribution is -2.00. The van der Waals surface area contributed by atoms with E-state index < -0.39 is 0 Å². The van der Waals surface area contributed by atoms with Crippen molar-refractivity contribution in [2.24, 2.45) is 0 Å². The first-order valence-electron chi connectivity index (χ1n) is 49.6. The van der Waals surface area contributed by atoms with E-state index in [9.17, 15) is 0 Å². The van der Waals surface area contributed by atoms with Gasteiger partial charge in [0, 0.05) is 101 Å². The van der Waals surface area contributed by atoms with Crippen molar-refractivity contribution < 1.29 is 0 Å². The van der Waals surface area contributed by atoms with E-state index in [4.69, 9.17) is 49.8 Å². The molecule has 0 radical (unpaired) electrons. The molecule has 0 aliphatic carbocycles. The fourth-order valence-corrected chi connectivity index (χ4v) is 18.2. The van der Waals surface area contributed by atoms with E-state index >= 15 is 0 Å². The van der Waals surface area contributed by atoms with Gasteiger partial charge in [0.2, 0.25) is 0 Å². The molecular formula is C134H97N15. The van der Waals surface area contributed by atoms with Crippen LogP contribution in [0.25, 0.3) is 237 Å². The Balaban J connectivity index is 0.000000127. The summed E-state index contributed by atoms with van der Waals surface area (Å²) >= 11 is 0. The number of nitrogens with zero attached hydrogens (tertiary/aromatic N) is 15. The van der Waals surface area contributed by atoms with Crippen LogP contribution in [0.1, 0.15) is 28.5 Å². The highest BCUT2D eigenvalue weighted by Crippen LogP contribution is 2.39. The van der Waals surface area contributed by atoms with Crippen LogP contribution in [-0.4, -0.2) is 74.8 Å². The Labute approximate surface area is 866 Å². The number of benzene rings is 17. The lowest BCUT2D eigenvalue weighted by molar-refractivity contribution is 1.06. The van der Waals surface area contributed by atoms with Crippen LogP contribution < -0.4 is 0 Å². The fraction of sp³-hybridized carbons (Fsp3) is 0.0373. The van der Waals surface area contributed by atoms with Gasteiger partial charge >= 0.3 is 0 Å². The molecule has 0 aliphatic heterocycles. The molecule has 17 aromatic carbocycles. The van der Waals surface area contributed by atoms with E-state index in [1.54, 1.807) is 0 Å². The zero-order valence-electron chi connectivity index (χ0n) is 82.6. The van der Waals surface area contributed by atoms with Gasteiger partial charge < -0.3 is 0 Å². The Morgan fingerprint density at radius 2 is 0.268 bits per heavy atom. The Morgan fingerprint density at radius 1 is 0.101 bits per heavy atom. The predicted molar refractivity (Wildman–Crippen MR) is 604 cm³/mol. The topological polar surface area (TPSA) is 193 Å². The first-order chi connectivity index (χ1) is 73.3. The molecule has 0 saturated heterocycles. The van der Waals surface area contributed by atoms with Gasteiger partial charge in [-0.15, -0.1) is 0 Å². The summed E-state index contributed by atoms with van der Waals surface area (Å²) in [5.41, 5.74) is 37.0. The van der Waals surface area contributed by atoms with Crippen molar-refractivity contribution in [3.05, 3.63) is 526 Å². The van der Waals surface area contributed by atoms with Gasteiger partial charge in [0.1, 0.15) is 0 Å². The third-order valence-electron chi connectivity index (χ3n) is 26.0. The van der Waals surface area contributed by atoms with Crippen molar-refractivity contribution >= 4 is 0 Å². The Bertz CT molecular complexity index is 8450. The number of hydrogen-bond donors (Lipinski definition) is 0. The summed E-state index contributed by atoms with van der Waals surface area (Å²) in [6.07, 6.45) is 1.89. The first-order valence-corrected chi connectivity index (χ1v) is 49.6. The minimum absolute atomic E-state index is 0.606. The van der Waals surface area contributed by atoms with Crippen molar-refractivity contribution in [3.8, 4) is 237 Å². The smallest absolute Gasteiger partial charge is 0.164 e. The van der Waals surface area contributed by atoms with Crippen LogP contribution in [0.5, 0.6) is 0 Å². The van der Waals surface area contributed by atoms with Crippen LogP contribution in [0.4, 0.5) is 0 Å². The minimum atomic E-state index is 0.606. The van der Waals surface area contributed by atoms with E-state index in [-0.39, 0.29) is 0 Å². The van der Waals surface area contributed by atoms with Gasteiger partial charge in [-0.05, 0) is 172 Å². The summed E-state index contributed by atoms with van der Waals surface area (Å²) in [6.45, 7) is 9.97. The van der Waals surface area contributed by atoms with Gasteiger partial charge in [0.05, 0.1) is 11.4 Å². The Morgan fingerprint density at radius 3 is 0.483 bits per heavy atom. The van der Waals surface area contributed by atoms with Crippen LogP contribution in [0, 0.1) is 34.6 Å². The molecule has 7 aromatic heterocycles. The highest BCUT2D eigenvalue weighted by molar-refractivity contribution is 5.82. The third-order valence-corrected chi connectivity index (χ3v) is 26.0. The monoisotopic (exact) mass is 1920 g/mol. The highest BCUT2D eigenvalue weighted by Gasteiger charge is 2.21. The number of rotatable bonds is 21. The number of hydrogen-bond acceptors (Lipinski definition) is 15. The standard InChI is InChI=1S/2C45H33N5.C44H31N5/c1-30-28-31(2)47-42(46-30)37-26-20-36(21-27-37)40-14-9-15-41(29-40)45-49-43(38-22-16-34(17-23-38)32-10-5-3-6-11-32)48-44(50-45)39-24-18-35(19-25-39)33-12-7-4-8-13-33;1-30-29-31(2)47-42(46-30)38-21-17-36(18-22-38)37-19-27-41(28-20-37)45-49-43(39-23-13-34(14-24-39)32-9-5-3-6-10-32)48-44(50-45)40-25-15-35(16-26-40)33-11-7-4-8-12-33;1-30-10-8-17-41(46-30)40-27-26-39(29-45-40)37-15-9-16-38(28-37)44-48-42(35-22-18-33(19-23-35)31-11-4-2-5-12-31)47-43(49-44)36-24-20-34(21-25-36)32-13-6-3-7-14-32/h2*3-29H,1-2H3;2-29H,1H3. The van der Waals surface area contributed by atoms with E-state index in [0.717, 1.165) is 179 Å². The maximum Gasteiger partial charge on any atom is 0.164 e. The second-order valence-corrected chi connectivity index (χ2v) is 36.5. The summed E-state index contributed by atoms with van der Waals surface area (Å²) in [6, 6.07) is 168. The van der Waals surface area contributed by atoms with Crippen molar-refractivity contribution in [1.82, 2.24) is 74.8 Å².